The second-order valence-electron chi connectivity index (χ2n) is 7.80. The molecule has 3 aliphatic rings. The van der Waals surface area contributed by atoms with Crippen LogP contribution in [0.3, 0.4) is 0 Å². The van der Waals surface area contributed by atoms with Gasteiger partial charge >= 0.3 is 0 Å². The molecule has 0 bridgehead atoms. The van der Waals surface area contributed by atoms with Crippen molar-refractivity contribution in [2.45, 2.75) is 50.7 Å². The van der Waals surface area contributed by atoms with Crippen molar-refractivity contribution in [2.24, 2.45) is 4.99 Å². The van der Waals surface area contributed by atoms with Crippen molar-refractivity contribution in [3.05, 3.63) is 0 Å². The van der Waals surface area contributed by atoms with Crippen molar-refractivity contribution in [3.63, 3.8) is 0 Å². The molecule has 2 N–H and O–H groups in total. The maximum atomic E-state index is 4.90. The molecule has 1 unspecified atom stereocenters. The van der Waals surface area contributed by atoms with Gasteiger partial charge in [0.2, 0.25) is 0 Å². The lowest BCUT2D eigenvalue weighted by Crippen LogP contribution is -2.52. The highest BCUT2D eigenvalue weighted by molar-refractivity contribution is 14.0. The summed E-state index contributed by atoms with van der Waals surface area (Å²) in [6.07, 6.45) is 5.33. The van der Waals surface area contributed by atoms with E-state index < -0.39 is 0 Å². The van der Waals surface area contributed by atoms with Crippen LogP contribution in [0, 0.1) is 0 Å². The zero-order valence-corrected chi connectivity index (χ0v) is 18.5. The molecule has 6 nitrogen and oxygen atoms in total. The van der Waals surface area contributed by atoms with E-state index in [1.807, 2.05) is 0 Å². The Morgan fingerprint density at radius 2 is 1.76 bits per heavy atom. The van der Waals surface area contributed by atoms with E-state index in [0.29, 0.717) is 12.1 Å². The molecule has 146 valence electrons. The third-order valence-corrected chi connectivity index (χ3v) is 5.72. The average molecular weight is 464 g/mol. The van der Waals surface area contributed by atoms with Crippen molar-refractivity contribution in [1.82, 2.24) is 25.3 Å². The van der Waals surface area contributed by atoms with Gasteiger partial charge in [0.05, 0.1) is 6.54 Å². The van der Waals surface area contributed by atoms with Crippen LogP contribution in [0.25, 0.3) is 0 Å². The summed E-state index contributed by atoms with van der Waals surface area (Å²) in [4.78, 5) is 12.4. The molecule has 0 aromatic heterocycles. The number of piperazine rings is 1. The van der Waals surface area contributed by atoms with E-state index >= 15 is 0 Å². The van der Waals surface area contributed by atoms with Crippen molar-refractivity contribution < 1.29 is 0 Å². The number of halogens is 1. The van der Waals surface area contributed by atoms with E-state index in [-0.39, 0.29) is 24.0 Å². The Balaban J connectivity index is 0.00000225. The highest BCUT2D eigenvalue weighted by Gasteiger charge is 2.32. The fourth-order valence-electron chi connectivity index (χ4n) is 3.86. The molecule has 1 saturated carbocycles. The van der Waals surface area contributed by atoms with E-state index in [1.165, 1.54) is 38.8 Å². The van der Waals surface area contributed by atoms with Crippen LogP contribution in [0.2, 0.25) is 0 Å². The quantitative estimate of drug-likeness (QED) is 0.362. The minimum absolute atomic E-state index is 0. The van der Waals surface area contributed by atoms with Gasteiger partial charge in [0.1, 0.15) is 0 Å². The molecule has 25 heavy (non-hydrogen) atoms. The Bertz CT molecular complexity index is 420. The van der Waals surface area contributed by atoms with Crippen LogP contribution in [0.5, 0.6) is 0 Å². The number of rotatable bonds is 5. The van der Waals surface area contributed by atoms with E-state index in [4.69, 9.17) is 4.99 Å². The van der Waals surface area contributed by atoms with Gasteiger partial charge in [-0.05, 0) is 46.7 Å². The van der Waals surface area contributed by atoms with E-state index in [0.717, 1.165) is 44.7 Å². The number of nitrogens with zero attached hydrogens (tertiary/aromatic N) is 4. The van der Waals surface area contributed by atoms with Crippen LogP contribution >= 0.6 is 24.0 Å². The summed E-state index contributed by atoms with van der Waals surface area (Å²) in [5.41, 5.74) is 0. The second-order valence-corrected chi connectivity index (χ2v) is 7.80. The zero-order chi connectivity index (χ0) is 16.9. The predicted octanol–water partition coefficient (Wildman–Crippen LogP) is 1.03. The molecule has 7 heteroatoms. The molecule has 1 aliphatic carbocycles. The number of likely N-dealkylation sites (N-methyl/N-ethyl adjacent to an activating group) is 2. The van der Waals surface area contributed by atoms with Crippen LogP contribution in [0.4, 0.5) is 0 Å². The van der Waals surface area contributed by atoms with Gasteiger partial charge in [-0.15, -0.1) is 24.0 Å². The third-order valence-electron chi connectivity index (χ3n) is 5.72. The van der Waals surface area contributed by atoms with Crippen molar-refractivity contribution in [3.8, 4) is 0 Å². The van der Waals surface area contributed by atoms with Crippen LogP contribution in [0.15, 0.2) is 4.99 Å². The number of nitrogens with one attached hydrogen (secondary N) is 2. The van der Waals surface area contributed by atoms with Gasteiger partial charge in [0.15, 0.2) is 5.96 Å². The summed E-state index contributed by atoms with van der Waals surface area (Å²) >= 11 is 0. The molecule has 3 rings (SSSR count). The summed E-state index contributed by atoms with van der Waals surface area (Å²) in [6.45, 7) is 9.85. The Morgan fingerprint density at radius 1 is 1.04 bits per heavy atom. The third kappa shape index (κ3) is 6.52. The number of piperidine rings is 1. The maximum Gasteiger partial charge on any atom is 0.191 e. The number of guanidine groups is 1. The normalized spacial score (nSPS) is 27.8. The van der Waals surface area contributed by atoms with Crippen LogP contribution in [-0.2, 0) is 0 Å². The summed E-state index contributed by atoms with van der Waals surface area (Å²) in [5, 5.41) is 7.12. The lowest BCUT2D eigenvalue weighted by Gasteiger charge is -2.37. The highest BCUT2D eigenvalue weighted by Crippen LogP contribution is 2.29. The molecule has 0 radical (unpaired) electrons. The SMILES string of the molecule is CCNC(=NCC1CN(C)CCN1C)NC1CCN(C2CC2)CC1.I. The topological polar surface area (TPSA) is 46.1 Å². The minimum atomic E-state index is 0. The monoisotopic (exact) mass is 464 g/mol. The first-order chi connectivity index (χ1) is 11.7. The number of hydrogen-bond donors (Lipinski definition) is 2. The summed E-state index contributed by atoms with van der Waals surface area (Å²) in [7, 11) is 4.43. The van der Waals surface area contributed by atoms with Gasteiger partial charge in [-0.25, -0.2) is 0 Å². The Labute approximate surface area is 170 Å². The number of aliphatic imine (C=N–C) groups is 1. The van der Waals surface area contributed by atoms with Crippen molar-refractivity contribution in [1.29, 1.82) is 0 Å². The molecule has 0 aromatic rings. The average Bonchev–Trinajstić information content (AvgIpc) is 3.41. The summed E-state index contributed by atoms with van der Waals surface area (Å²) in [5.74, 6) is 1.00. The van der Waals surface area contributed by atoms with E-state index in [2.05, 4.69) is 46.4 Å². The van der Waals surface area contributed by atoms with Crippen LogP contribution in [-0.4, -0.2) is 98.7 Å². The lowest BCUT2D eigenvalue weighted by atomic mass is 10.1. The van der Waals surface area contributed by atoms with Crippen molar-refractivity contribution in [2.75, 3.05) is 59.9 Å². The molecule has 0 amide bonds. The second kappa shape index (κ2) is 10.3. The van der Waals surface area contributed by atoms with Crippen LogP contribution < -0.4 is 10.6 Å². The fourth-order valence-corrected chi connectivity index (χ4v) is 3.86. The molecule has 1 atom stereocenters. The van der Waals surface area contributed by atoms with Gasteiger partial charge in [0.25, 0.3) is 0 Å². The largest absolute Gasteiger partial charge is 0.357 e. The van der Waals surface area contributed by atoms with Gasteiger partial charge < -0.3 is 20.4 Å². The molecule has 2 heterocycles. The molecule has 2 aliphatic heterocycles. The Morgan fingerprint density at radius 3 is 2.40 bits per heavy atom. The minimum Gasteiger partial charge on any atom is -0.357 e. The zero-order valence-electron chi connectivity index (χ0n) is 16.2. The first-order valence-corrected chi connectivity index (χ1v) is 9.83. The predicted molar refractivity (Wildman–Crippen MR) is 116 cm³/mol. The summed E-state index contributed by atoms with van der Waals surface area (Å²) < 4.78 is 0. The Kier molecular flexibility index (Phi) is 8.71. The highest BCUT2D eigenvalue weighted by atomic mass is 127. The maximum absolute atomic E-state index is 4.90. The van der Waals surface area contributed by atoms with Gasteiger partial charge in [-0.3, -0.25) is 9.89 Å². The molecular formula is C18H37IN6. The van der Waals surface area contributed by atoms with Crippen molar-refractivity contribution >= 4 is 29.9 Å². The molecular weight excluding hydrogens is 427 g/mol. The lowest BCUT2D eigenvalue weighted by molar-refractivity contribution is 0.119. The van der Waals surface area contributed by atoms with Gasteiger partial charge in [-0.1, -0.05) is 0 Å². The smallest absolute Gasteiger partial charge is 0.191 e. The van der Waals surface area contributed by atoms with Crippen LogP contribution in [0.1, 0.15) is 32.6 Å². The molecule has 0 aromatic carbocycles. The standard InChI is InChI=1S/C18H36N6.HI/c1-4-19-18(20-13-17-14-22(2)11-12-23(17)3)21-15-7-9-24(10-8-15)16-5-6-16;/h15-17H,4-14H2,1-3H3,(H2,19,20,21);1H. The number of likely N-dealkylation sites (tertiary alicyclic amines) is 1. The van der Waals surface area contributed by atoms with E-state index in [9.17, 15) is 0 Å². The first kappa shape index (κ1) is 21.2. The Hall–Kier alpha value is -0.120. The van der Waals surface area contributed by atoms with Gasteiger partial charge in [-0.2, -0.15) is 0 Å². The molecule has 3 fully saturated rings. The molecule has 2 saturated heterocycles. The fraction of sp³-hybridized carbons (Fsp3) is 0.944. The molecule has 0 spiro atoms. The summed E-state index contributed by atoms with van der Waals surface area (Å²) in [6, 6.07) is 2.01. The number of hydrogen-bond acceptors (Lipinski definition) is 4. The van der Waals surface area contributed by atoms with Gasteiger partial charge in [0, 0.05) is 57.4 Å². The first-order valence-electron chi connectivity index (χ1n) is 9.83. The van der Waals surface area contributed by atoms with E-state index in [1.54, 1.807) is 0 Å².